The molecule has 0 fully saturated rings. The smallest absolute Gasteiger partial charge is 0.244 e. The maximum Gasteiger partial charge on any atom is 0.244 e. The Kier molecular flexibility index (Phi) is 5.54. The molecule has 2 aromatic rings. The highest BCUT2D eigenvalue weighted by Gasteiger charge is 2.26. The lowest BCUT2D eigenvalue weighted by atomic mass is 10.2. The number of nitrogens with one attached hydrogen (secondary N) is 2. The van der Waals surface area contributed by atoms with Crippen molar-refractivity contribution in [3.8, 4) is 0 Å². The van der Waals surface area contributed by atoms with Crippen LogP contribution < -0.4 is 14.9 Å². The number of hydrogen-bond donors (Lipinski definition) is 2. The third kappa shape index (κ3) is 4.15. The summed E-state index contributed by atoms with van der Waals surface area (Å²) in [5.41, 5.74) is 1.63. The minimum absolute atomic E-state index is 0.0959. The molecule has 2 amide bonds. The van der Waals surface area contributed by atoms with Crippen LogP contribution in [-0.2, 0) is 19.6 Å². The average Bonchev–Trinajstić information content (AvgIpc) is 2.65. The van der Waals surface area contributed by atoms with Crippen LogP contribution in [0.4, 0.5) is 11.4 Å². The van der Waals surface area contributed by atoms with E-state index >= 15 is 0 Å². The van der Waals surface area contributed by atoms with Crippen LogP contribution in [0.25, 0.3) is 0 Å². The molecule has 0 spiro atoms. The molecule has 0 bridgehead atoms. The Morgan fingerprint density at radius 1 is 1.22 bits per heavy atom. The maximum absolute atomic E-state index is 12.5. The molecule has 0 radical (unpaired) electrons. The maximum atomic E-state index is 12.5. The summed E-state index contributed by atoms with van der Waals surface area (Å²) in [4.78, 5) is 27.2. The van der Waals surface area contributed by atoms with Crippen LogP contribution in [0.15, 0.2) is 52.3 Å². The molecule has 0 aromatic heterocycles. The van der Waals surface area contributed by atoms with Gasteiger partial charge in [0.25, 0.3) is 0 Å². The summed E-state index contributed by atoms with van der Waals surface area (Å²) < 4.78 is 26.4. The van der Waals surface area contributed by atoms with Gasteiger partial charge in [0.15, 0.2) is 0 Å². The van der Waals surface area contributed by atoms with E-state index in [1.54, 1.807) is 25.1 Å². The quantitative estimate of drug-likeness (QED) is 0.793. The Morgan fingerprint density at radius 3 is 2.70 bits per heavy atom. The molecule has 2 N–H and O–H groups in total. The van der Waals surface area contributed by atoms with Crippen LogP contribution >= 0.6 is 11.8 Å². The van der Waals surface area contributed by atoms with Gasteiger partial charge in [0.05, 0.1) is 16.3 Å². The summed E-state index contributed by atoms with van der Waals surface area (Å²) >= 11 is 1.44. The number of anilines is 2. The lowest BCUT2D eigenvalue weighted by molar-refractivity contribution is -0.120. The van der Waals surface area contributed by atoms with Crippen LogP contribution in [0.2, 0.25) is 0 Å². The molecule has 1 aliphatic heterocycles. The number of para-hydroxylation sites is 1. The minimum atomic E-state index is -3.63. The van der Waals surface area contributed by atoms with E-state index < -0.39 is 15.9 Å². The first-order chi connectivity index (χ1) is 12.8. The largest absolute Gasteiger partial charge is 0.324 e. The van der Waals surface area contributed by atoms with E-state index in [2.05, 4.69) is 10.0 Å². The van der Waals surface area contributed by atoms with Crippen molar-refractivity contribution in [1.82, 2.24) is 4.72 Å². The van der Waals surface area contributed by atoms with Crippen molar-refractivity contribution in [2.75, 3.05) is 29.6 Å². The number of rotatable bonds is 5. The lowest BCUT2D eigenvalue weighted by Gasteiger charge is -2.28. The first-order valence-electron chi connectivity index (χ1n) is 8.18. The fourth-order valence-electron chi connectivity index (χ4n) is 2.75. The van der Waals surface area contributed by atoms with Gasteiger partial charge >= 0.3 is 0 Å². The zero-order valence-electron chi connectivity index (χ0n) is 14.9. The highest BCUT2D eigenvalue weighted by Crippen LogP contribution is 2.34. The first-order valence-corrected chi connectivity index (χ1v) is 10.6. The highest BCUT2D eigenvalue weighted by molar-refractivity contribution is 8.00. The highest BCUT2D eigenvalue weighted by atomic mass is 32.2. The number of thioether (sulfide) groups is 1. The first kappa shape index (κ1) is 19.4. The van der Waals surface area contributed by atoms with Gasteiger partial charge in [0, 0.05) is 10.6 Å². The Hall–Kier alpha value is -2.36. The molecule has 142 valence electrons. The SMILES string of the molecule is CNS(=O)(=O)c1cc(NC(=O)CN2C(=O)CSc3ccccc32)ccc1C. The van der Waals surface area contributed by atoms with Crippen LogP contribution in [0.5, 0.6) is 0 Å². The van der Waals surface area contributed by atoms with E-state index in [1.807, 2.05) is 18.2 Å². The number of hydrogen-bond acceptors (Lipinski definition) is 5. The second kappa shape index (κ2) is 7.71. The summed E-state index contributed by atoms with van der Waals surface area (Å²) in [6, 6.07) is 12.1. The molecule has 9 heteroatoms. The average molecular weight is 406 g/mol. The molecular weight excluding hydrogens is 386 g/mol. The number of sulfonamides is 1. The monoisotopic (exact) mass is 405 g/mol. The van der Waals surface area contributed by atoms with E-state index in [-0.39, 0.29) is 23.1 Å². The second-order valence-electron chi connectivity index (χ2n) is 5.97. The van der Waals surface area contributed by atoms with Crippen molar-refractivity contribution in [3.63, 3.8) is 0 Å². The van der Waals surface area contributed by atoms with Crippen LogP contribution in [0.3, 0.4) is 0 Å². The molecule has 0 aliphatic carbocycles. The van der Waals surface area contributed by atoms with Crippen molar-refractivity contribution in [1.29, 1.82) is 0 Å². The number of fused-ring (bicyclic) bond motifs is 1. The van der Waals surface area contributed by atoms with E-state index in [0.717, 1.165) is 4.90 Å². The van der Waals surface area contributed by atoms with Gasteiger partial charge in [-0.3, -0.25) is 9.59 Å². The van der Waals surface area contributed by atoms with Crippen molar-refractivity contribution in [2.24, 2.45) is 0 Å². The molecule has 1 heterocycles. The second-order valence-corrected chi connectivity index (χ2v) is 8.84. The molecule has 27 heavy (non-hydrogen) atoms. The Morgan fingerprint density at radius 2 is 1.96 bits per heavy atom. The van der Waals surface area contributed by atoms with Gasteiger partial charge in [0.1, 0.15) is 6.54 Å². The van der Waals surface area contributed by atoms with E-state index in [1.165, 1.54) is 29.8 Å². The van der Waals surface area contributed by atoms with Crippen molar-refractivity contribution < 1.29 is 18.0 Å². The van der Waals surface area contributed by atoms with Crippen molar-refractivity contribution >= 4 is 45.0 Å². The molecule has 0 atom stereocenters. The number of carbonyl (C=O) groups excluding carboxylic acids is 2. The fourth-order valence-corrected chi connectivity index (χ4v) is 4.68. The van der Waals surface area contributed by atoms with Gasteiger partial charge in [-0.05, 0) is 43.8 Å². The topological polar surface area (TPSA) is 95.6 Å². The summed E-state index contributed by atoms with van der Waals surface area (Å²) in [6.07, 6.45) is 0. The molecule has 3 rings (SSSR count). The minimum Gasteiger partial charge on any atom is -0.324 e. The van der Waals surface area contributed by atoms with Gasteiger partial charge in [-0.2, -0.15) is 0 Å². The van der Waals surface area contributed by atoms with Gasteiger partial charge < -0.3 is 10.2 Å². The number of nitrogens with zero attached hydrogens (tertiary/aromatic N) is 1. The molecular formula is C18H19N3O4S2. The summed E-state index contributed by atoms with van der Waals surface area (Å²) in [7, 11) is -2.30. The van der Waals surface area contributed by atoms with Crippen LogP contribution in [-0.4, -0.2) is 39.6 Å². The summed E-state index contributed by atoms with van der Waals surface area (Å²) in [6.45, 7) is 1.54. The Labute approximate surface area is 162 Å². The molecule has 0 saturated carbocycles. The summed E-state index contributed by atoms with van der Waals surface area (Å²) in [5.74, 6) is -0.266. The fraction of sp³-hybridized carbons (Fsp3) is 0.222. The molecule has 2 aromatic carbocycles. The van der Waals surface area contributed by atoms with Crippen molar-refractivity contribution in [3.05, 3.63) is 48.0 Å². The standard InChI is InChI=1S/C18H19N3O4S2/c1-12-7-8-13(9-16(12)27(24,25)19-2)20-17(22)10-21-14-5-3-4-6-15(14)26-11-18(21)23/h3-9,19H,10-11H2,1-2H3,(H,20,22). The van der Waals surface area contributed by atoms with Gasteiger partial charge in [-0.1, -0.05) is 18.2 Å². The third-order valence-electron chi connectivity index (χ3n) is 4.14. The molecule has 0 unspecified atom stereocenters. The van der Waals surface area contributed by atoms with Crippen LogP contribution in [0.1, 0.15) is 5.56 Å². The van der Waals surface area contributed by atoms with Crippen molar-refractivity contribution in [2.45, 2.75) is 16.7 Å². The van der Waals surface area contributed by atoms with E-state index in [0.29, 0.717) is 16.9 Å². The molecule has 1 aliphatic rings. The molecule has 0 saturated heterocycles. The zero-order valence-corrected chi connectivity index (χ0v) is 16.5. The van der Waals surface area contributed by atoms with Gasteiger partial charge in [0.2, 0.25) is 21.8 Å². The van der Waals surface area contributed by atoms with Gasteiger partial charge in [-0.25, -0.2) is 13.1 Å². The van der Waals surface area contributed by atoms with Crippen LogP contribution in [0, 0.1) is 6.92 Å². The van der Waals surface area contributed by atoms with Gasteiger partial charge in [-0.15, -0.1) is 11.8 Å². The molecule has 7 nitrogen and oxygen atoms in total. The number of aryl methyl sites for hydroxylation is 1. The Balaban J connectivity index is 1.79. The number of amides is 2. The Bertz CT molecular complexity index is 1010. The van der Waals surface area contributed by atoms with E-state index in [9.17, 15) is 18.0 Å². The predicted molar refractivity (Wildman–Crippen MR) is 106 cm³/mol. The normalized spacial score (nSPS) is 14.0. The lowest BCUT2D eigenvalue weighted by Crippen LogP contribution is -2.41. The predicted octanol–water partition coefficient (Wildman–Crippen LogP) is 1.98. The summed E-state index contributed by atoms with van der Waals surface area (Å²) in [5, 5.41) is 2.67. The van der Waals surface area contributed by atoms with E-state index in [4.69, 9.17) is 0 Å². The zero-order chi connectivity index (χ0) is 19.6. The number of carbonyl (C=O) groups is 2. The number of benzene rings is 2. The third-order valence-corrected chi connectivity index (χ3v) is 6.74.